The fraction of sp³-hybridized carbons (Fsp3) is 0.357. The third kappa shape index (κ3) is 2.50. The largest absolute Gasteiger partial charge is 0.399 e. The number of hydrogen-bond acceptors (Lipinski definition) is 3. The van der Waals surface area contributed by atoms with Crippen LogP contribution >= 0.6 is 0 Å². The van der Waals surface area contributed by atoms with E-state index in [2.05, 4.69) is 10.2 Å². The van der Waals surface area contributed by atoms with Crippen LogP contribution in [0.5, 0.6) is 0 Å². The molecule has 1 saturated heterocycles. The van der Waals surface area contributed by atoms with Gasteiger partial charge in [-0.15, -0.1) is 0 Å². The second kappa shape index (κ2) is 4.84. The van der Waals surface area contributed by atoms with E-state index >= 15 is 0 Å². The standard InChI is InChI=1S/C14H18N4O/c15-11-3-5-12(6-4-11)16-14(19)18-9-8-17-7-1-2-13(17)10-18/h3-6,10H,1-2,7-9,15H2,(H,16,19). The van der Waals surface area contributed by atoms with Crippen LogP contribution in [0.4, 0.5) is 16.2 Å². The van der Waals surface area contributed by atoms with Crippen molar-refractivity contribution < 1.29 is 4.79 Å². The Kier molecular flexibility index (Phi) is 3.03. The van der Waals surface area contributed by atoms with Crippen LogP contribution in [-0.2, 0) is 0 Å². The van der Waals surface area contributed by atoms with Gasteiger partial charge in [0.05, 0.1) is 0 Å². The molecule has 1 aromatic rings. The molecule has 2 aliphatic heterocycles. The van der Waals surface area contributed by atoms with Crippen molar-refractivity contribution in [2.24, 2.45) is 0 Å². The van der Waals surface area contributed by atoms with E-state index in [4.69, 9.17) is 5.73 Å². The molecule has 3 N–H and O–H groups in total. The summed E-state index contributed by atoms with van der Waals surface area (Å²) in [5.74, 6) is 0. The number of allylic oxidation sites excluding steroid dienone is 1. The van der Waals surface area contributed by atoms with Crippen LogP contribution in [0.25, 0.3) is 0 Å². The second-order valence-corrected chi connectivity index (χ2v) is 4.96. The predicted molar refractivity (Wildman–Crippen MR) is 75.5 cm³/mol. The van der Waals surface area contributed by atoms with E-state index in [1.807, 2.05) is 18.3 Å². The second-order valence-electron chi connectivity index (χ2n) is 4.96. The minimum atomic E-state index is -0.0798. The highest BCUT2D eigenvalue weighted by atomic mass is 16.2. The summed E-state index contributed by atoms with van der Waals surface area (Å²) >= 11 is 0. The van der Waals surface area contributed by atoms with Crippen molar-refractivity contribution in [3.05, 3.63) is 36.2 Å². The van der Waals surface area contributed by atoms with Crippen molar-refractivity contribution in [2.45, 2.75) is 12.8 Å². The highest BCUT2D eigenvalue weighted by molar-refractivity contribution is 5.90. The van der Waals surface area contributed by atoms with Crippen molar-refractivity contribution in [1.29, 1.82) is 0 Å². The quantitative estimate of drug-likeness (QED) is 0.758. The molecule has 1 fully saturated rings. The molecule has 100 valence electrons. The summed E-state index contributed by atoms with van der Waals surface area (Å²) in [6.45, 7) is 2.80. The highest BCUT2D eigenvalue weighted by Crippen LogP contribution is 2.24. The van der Waals surface area contributed by atoms with Gasteiger partial charge < -0.3 is 16.0 Å². The number of anilines is 2. The van der Waals surface area contributed by atoms with Gasteiger partial charge in [0.15, 0.2) is 0 Å². The van der Waals surface area contributed by atoms with Crippen molar-refractivity contribution in [1.82, 2.24) is 9.80 Å². The molecule has 0 radical (unpaired) electrons. The average molecular weight is 258 g/mol. The van der Waals surface area contributed by atoms with Crippen molar-refractivity contribution >= 4 is 17.4 Å². The maximum Gasteiger partial charge on any atom is 0.325 e. The number of carbonyl (C=O) groups excluding carboxylic acids is 1. The van der Waals surface area contributed by atoms with Crippen LogP contribution in [0, 0.1) is 0 Å². The molecule has 0 atom stereocenters. The summed E-state index contributed by atoms with van der Waals surface area (Å²) in [6, 6.07) is 7.11. The summed E-state index contributed by atoms with van der Waals surface area (Å²) < 4.78 is 0. The first-order chi connectivity index (χ1) is 9.22. The number of hydrogen-bond donors (Lipinski definition) is 2. The average Bonchev–Trinajstić information content (AvgIpc) is 2.88. The van der Waals surface area contributed by atoms with Crippen LogP contribution < -0.4 is 11.1 Å². The molecule has 0 aromatic heterocycles. The Hall–Kier alpha value is -2.17. The summed E-state index contributed by atoms with van der Waals surface area (Å²) in [6.07, 6.45) is 4.24. The Morgan fingerprint density at radius 1 is 1.16 bits per heavy atom. The van der Waals surface area contributed by atoms with Gasteiger partial charge >= 0.3 is 6.03 Å². The zero-order chi connectivity index (χ0) is 13.2. The van der Waals surface area contributed by atoms with E-state index in [0.717, 1.165) is 31.7 Å². The Balaban J connectivity index is 1.67. The first-order valence-electron chi connectivity index (χ1n) is 6.61. The van der Waals surface area contributed by atoms with Crippen molar-refractivity contribution in [3.8, 4) is 0 Å². The van der Waals surface area contributed by atoms with Crippen LogP contribution in [0.1, 0.15) is 12.8 Å². The molecule has 1 aromatic carbocycles. The van der Waals surface area contributed by atoms with Gasteiger partial charge in [0.25, 0.3) is 0 Å². The third-order valence-corrected chi connectivity index (χ3v) is 3.61. The molecule has 0 bridgehead atoms. The van der Waals surface area contributed by atoms with Gasteiger partial charge in [-0.3, -0.25) is 4.90 Å². The molecule has 19 heavy (non-hydrogen) atoms. The molecule has 0 saturated carbocycles. The number of nitrogen functional groups attached to an aromatic ring is 1. The van der Waals surface area contributed by atoms with E-state index in [1.165, 1.54) is 12.1 Å². The molecule has 0 spiro atoms. The molecular weight excluding hydrogens is 240 g/mol. The molecule has 3 rings (SSSR count). The molecular formula is C14H18N4O. The number of benzene rings is 1. The Labute approximate surface area is 112 Å². The van der Waals surface area contributed by atoms with Crippen LogP contribution in [0.2, 0.25) is 0 Å². The third-order valence-electron chi connectivity index (χ3n) is 3.61. The molecule has 2 heterocycles. The Morgan fingerprint density at radius 2 is 1.95 bits per heavy atom. The summed E-state index contributed by atoms with van der Waals surface area (Å²) in [5.41, 5.74) is 8.36. The SMILES string of the molecule is Nc1ccc(NC(=O)N2C=C3CCCN3CC2)cc1. The zero-order valence-corrected chi connectivity index (χ0v) is 10.8. The minimum absolute atomic E-state index is 0.0798. The van der Waals surface area contributed by atoms with Crippen LogP contribution in [-0.4, -0.2) is 35.5 Å². The van der Waals surface area contributed by atoms with Gasteiger partial charge in [-0.05, 0) is 37.1 Å². The van der Waals surface area contributed by atoms with E-state index in [9.17, 15) is 4.79 Å². The summed E-state index contributed by atoms with van der Waals surface area (Å²) in [7, 11) is 0. The Bertz CT molecular complexity index is 509. The maximum atomic E-state index is 12.2. The molecule has 0 unspecified atom stereocenters. The number of amides is 2. The predicted octanol–water partition coefficient (Wildman–Crippen LogP) is 2.05. The lowest BCUT2D eigenvalue weighted by atomic mass is 10.3. The summed E-state index contributed by atoms with van der Waals surface area (Å²) in [5, 5.41) is 2.89. The number of fused-ring (bicyclic) bond motifs is 1. The fourth-order valence-corrected chi connectivity index (χ4v) is 2.55. The van der Waals surface area contributed by atoms with Gasteiger partial charge in [0.1, 0.15) is 0 Å². The van der Waals surface area contributed by atoms with E-state index in [1.54, 1.807) is 17.0 Å². The first kappa shape index (κ1) is 11.9. The van der Waals surface area contributed by atoms with Gasteiger partial charge in [-0.25, -0.2) is 4.79 Å². The molecule has 2 aliphatic rings. The van der Waals surface area contributed by atoms with Crippen molar-refractivity contribution in [2.75, 3.05) is 30.7 Å². The topological polar surface area (TPSA) is 61.6 Å². The van der Waals surface area contributed by atoms with Crippen LogP contribution in [0.3, 0.4) is 0 Å². The minimum Gasteiger partial charge on any atom is -0.399 e. The highest BCUT2D eigenvalue weighted by Gasteiger charge is 2.24. The van der Waals surface area contributed by atoms with Gasteiger partial charge in [-0.2, -0.15) is 0 Å². The Morgan fingerprint density at radius 3 is 2.74 bits per heavy atom. The number of nitrogens with one attached hydrogen (secondary N) is 1. The zero-order valence-electron chi connectivity index (χ0n) is 10.8. The molecule has 5 nitrogen and oxygen atoms in total. The van der Waals surface area contributed by atoms with Crippen molar-refractivity contribution in [3.63, 3.8) is 0 Å². The maximum absolute atomic E-state index is 12.2. The smallest absolute Gasteiger partial charge is 0.325 e. The molecule has 0 aliphatic carbocycles. The molecule has 2 amide bonds. The lowest BCUT2D eigenvalue weighted by molar-refractivity contribution is 0.215. The number of urea groups is 1. The molecule has 5 heteroatoms. The number of carbonyl (C=O) groups is 1. The lowest BCUT2D eigenvalue weighted by Gasteiger charge is -2.31. The van der Waals surface area contributed by atoms with E-state index in [0.29, 0.717) is 5.69 Å². The lowest BCUT2D eigenvalue weighted by Crippen LogP contribution is -2.41. The van der Waals surface area contributed by atoms with Gasteiger partial charge in [0, 0.05) is 42.9 Å². The van der Waals surface area contributed by atoms with Gasteiger partial charge in [0.2, 0.25) is 0 Å². The monoisotopic (exact) mass is 258 g/mol. The van der Waals surface area contributed by atoms with Crippen LogP contribution in [0.15, 0.2) is 36.2 Å². The number of nitrogens with two attached hydrogens (primary N) is 1. The number of nitrogens with zero attached hydrogens (tertiary/aromatic N) is 2. The fourth-order valence-electron chi connectivity index (χ4n) is 2.55. The van der Waals surface area contributed by atoms with Gasteiger partial charge in [-0.1, -0.05) is 0 Å². The number of rotatable bonds is 1. The van der Waals surface area contributed by atoms with E-state index in [-0.39, 0.29) is 6.03 Å². The summed E-state index contributed by atoms with van der Waals surface area (Å²) in [4.78, 5) is 16.3. The normalized spacial score (nSPS) is 18.0. The first-order valence-corrected chi connectivity index (χ1v) is 6.61. The van der Waals surface area contributed by atoms with E-state index < -0.39 is 0 Å².